The zero-order valence-electron chi connectivity index (χ0n) is 13.7. The van der Waals surface area contributed by atoms with E-state index in [1.807, 2.05) is 0 Å². The number of nitrogens with zero attached hydrogens (tertiary/aromatic N) is 1. The fourth-order valence-corrected chi connectivity index (χ4v) is 4.64. The van der Waals surface area contributed by atoms with Gasteiger partial charge in [0.2, 0.25) is 6.79 Å². The Labute approximate surface area is 151 Å². The lowest BCUT2D eigenvalue weighted by atomic mass is 10.2. The van der Waals surface area contributed by atoms with Crippen molar-refractivity contribution in [2.45, 2.75) is 25.9 Å². The molecule has 1 aliphatic heterocycles. The highest BCUT2D eigenvalue weighted by atomic mass is 32.1. The minimum absolute atomic E-state index is 0.0962. The summed E-state index contributed by atoms with van der Waals surface area (Å²) in [5.74, 6) is 0.945. The van der Waals surface area contributed by atoms with Gasteiger partial charge < -0.3 is 19.2 Å². The number of H-pyrrole nitrogens is 1. The predicted octanol–water partition coefficient (Wildman–Crippen LogP) is 2.56. The number of aromatic amines is 1. The maximum atomic E-state index is 12.4. The molecule has 5 rings (SSSR count). The first-order valence-electron chi connectivity index (χ1n) is 8.29. The SMILES string of the molecule is O=C(OCc1nc2sc3c(c2c(=O)[nH]1)CCC3)c1ccc2c(c1)OCO2. The van der Waals surface area contributed by atoms with E-state index < -0.39 is 5.97 Å². The van der Waals surface area contributed by atoms with Crippen LogP contribution in [0.3, 0.4) is 0 Å². The largest absolute Gasteiger partial charge is 0.454 e. The first-order valence-corrected chi connectivity index (χ1v) is 9.11. The van der Waals surface area contributed by atoms with Gasteiger partial charge >= 0.3 is 5.97 Å². The number of fused-ring (bicyclic) bond motifs is 4. The number of carbonyl (C=O) groups is 1. The molecule has 3 aromatic rings. The lowest BCUT2D eigenvalue weighted by Crippen LogP contribution is -2.14. The normalized spacial score (nSPS) is 14.6. The Morgan fingerprint density at radius 2 is 2.15 bits per heavy atom. The zero-order chi connectivity index (χ0) is 17.7. The fraction of sp³-hybridized carbons (Fsp3) is 0.278. The summed E-state index contributed by atoms with van der Waals surface area (Å²) in [6.45, 7) is 0.0464. The summed E-state index contributed by atoms with van der Waals surface area (Å²) in [6, 6.07) is 4.85. The molecule has 2 aliphatic rings. The monoisotopic (exact) mass is 370 g/mol. The van der Waals surface area contributed by atoms with Crippen molar-refractivity contribution < 1.29 is 19.0 Å². The van der Waals surface area contributed by atoms with Crippen LogP contribution in [0.2, 0.25) is 0 Å². The summed E-state index contributed by atoms with van der Waals surface area (Å²) >= 11 is 1.56. The van der Waals surface area contributed by atoms with Crippen LogP contribution in [0.1, 0.15) is 33.0 Å². The molecule has 26 heavy (non-hydrogen) atoms. The number of carbonyl (C=O) groups excluding carboxylic acids is 1. The Hall–Kier alpha value is -2.87. The highest BCUT2D eigenvalue weighted by Gasteiger charge is 2.22. The Balaban J connectivity index is 1.37. The standard InChI is InChI=1S/C18H14N2O5S/c21-16-15-10-2-1-3-13(10)26-17(15)20-14(19-16)7-23-18(22)9-4-5-11-12(6-9)25-8-24-11/h4-6H,1-3,7-8H2,(H,19,20,21). The van der Waals surface area contributed by atoms with Crippen LogP contribution in [0.5, 0.6) is 11.5 Å². The van der Waals surface area contributed by atoms with Gasteiger partial charge in [0.1, 0.15) is 17.3 Å². The van der Waals surface area contributed by atoms with E-state index in [0.29, 0.717) is 33.1 Å². The van der Waals surface area contributed by atoms with Crippen LogP contribution in [0.25, 0.3) is 10.2 Å². The van der Waals surface area contributed by atoms with Gasteiger partial charge in [0, 0.05) is 4.88 Å². The molecule has 1 N–H and O–H groups in total. The van der Waals surface area contributed by atoms with Gasteiger partial charge in [-0.1, -0.05) is 0 Å². The molecule has 0 saturated heterocycles. The molecular formula is C18H14N2O5S. The van der Waals surface area contributed by atoms with Crippen LogP contribution in [0.4, 0.5) is 0 Å². The second-order valence-corrected chi connectivity index (χ2v) is 7.28. The van der Waals surface area contributed by atoms with E-state index in [4.69, 9.17) is 14.2 Å². The average molecular weight is 370 g/mol. The van der Waals surface area contributed by atoms with Gasteiger partial charge in [0.15, 0.2) is 11.5 Å². The second kappa shape index (κ2) is 5.84. The zero-order valence-corrected chi connectivity index (χ0v) is 14.5. The van der Waals surface area contributed by atoms with Gasteiger partial charge in [-0.25, -0.2) is 9.78 Å². The number of thiophene rings is 1. The van der Waals surface area contributed by atoms with E-state index in [2.05, 4.69) is 9.97 Å². The van der Waals surface area contributed by atoms with Crippen molar-refractivity contribution in [1.29, 1.82) is 0 Å². The molecule has 132 valence electrons. The average Bonchev–Trinajstić information content (AvgIpc) is 3.33. The molecule has 0 fully saturated rings. The fourth-order valence-electron chi connectivity index (χ4n) is 3.36. The summed E-state index contributed by atoms with van der Waals surface area (Å²) in [6.07, 6.45) is 3.02. The Morgan fingerprint density at radius 1 is 1.27 bits per heavy atom. The van der Waals surface area contributed by atoms with Crippen molar-refractivity contribution in [2.24, 2.45) is 0 Å². The number of ether oxygens (including phenoxy) is 3. The van der Waals surface area contributed by atoms with Crippen LogP contribution in [-0.2, 0) is 24.2 Å². The first kappa shape index (κ1) is 15.4. The molecule has 0 amide bonds. The van der Waals surface area contributed by atoms with E-state index in [-0.39, 0.29) is 19.0 Å². The second-order valence-electron chi connectivity index (χ2n) is 6.19. The van der Waals surface area contributed by atoms with Gasteiger partial charge in [0.25, 0.3) is 5.56 Å². The molecule has 1 aromatic carbocycles. The molecule has 0 saturated carbocycles. The smallest absolute Gasteiger partial charge is 0.338 e. The first-order chi connectivity index (χ1) is 12.7. The van der Waals surface area contributed by atoms with Gasteiger partial charge in [-0.2, -0.15) is 0 Å². The maximum Gasteiger partial charge on any atom is 0.338 e. The number of rotatable bonds is 3. The number of benzene rings is 1. The van der Waals surface area contributed by atoms with E-state index in [0.717, 1.165) is 24.8 Å². The summed E-state index contributed by atoms with van der Waals surface area (Å²) in [4.78, 5) is 33.8. The van der Waals surface area contributed by atoms with E-state index in [1.54, 1.807) is 29.5 Å². The van der Waals surface area contributed by atoms with E-state index in [1.165, 1.54) is 4.88 Å². The van der Waals surface area contributed by atoms with E-state index in [9.17, 15) is 9.59 Å². The van der Waals surface area contributed by atoms with Gasteiger partial charge in [-0.3, -0.25) is 4.79 Å². The molecule has 0 bridgehead atoms. The molecule has 0 radical (unpaired) electrons. The third-order valence-electron chi connectivity index (χ3n) is 4.57. The van der Waals surface area contributed by atoms with E-state index >= 15 is 0 Å². The van der Waals surface area contributed by atoms with Crippen molar-refractivity contribution in [3.05, 3.63) is 50.4 Å². The van der Waals surface area contributed by atoms with Crippen molar-refractivity contribution >= 4 is 27.5 Å². The summed E-state index contributed by atoms with van der Waals surface area (Å²) < 4.78 is 15.8. The lowest BCUT2D eigenvalue weighted by Gasteiger charge is -2.05. The molecule has 0 spiro atoms. The van der Waals surface area contributed by atoms with Gasteiger partial charge in [-0.15, -0.1) is 11.3 Å². The number of aromatic nitrogens is 2. The van der Waals surface area contributed by atoms with Crippen molar-refractivity contribution in [3.63, 3.8) is 0 Å². The van der Waals surface area contributed by atoms with Crippen LogP contribution in [0, 0.1) is 0 Å². The van der Waals surface area contributed by atoms with Crippen LogP contribution < -0.4 is 15.0 Å². The Bertz CT molecular complexity index is 1100. The minimum atomic E-state index is -0.514. The van der Waals surface area contributed by atoms with Gasteiger partial charge in [0.05, 0.1) is 10.9 Å². The molecule has 1 aliphatic carbocycles. The van der Waals surface area contributed by atoms with Crippen molar-refractivity contribution in [3.8, 4) is 11.5 Å². The van der Waals surface area contributed by atoms with Crippen LogP contribution in [-0.4, -0.2) is 22.7 Å². The van der Waals surface area contributed by atoms with Crippen LogP contribution in [0.15, 0.2) is 23.0 Å². The third-order valence-corrected chi connectivity index (χ3v) is 5.76. The summed E-state index contributed by atoms with van der Waals surface area (Å²) in [5.41, 5.74) is 1.32. The van der Waals surface area contributed by atoms with Crippen molar-refractivity contribution in [2.75, 3.05) is 6.79 Å². The number of nitrogens with one attached hydrogen (secondary N) is 1. The highest BCUT2D eigenvalue weighted by molar-refractivity contribution is 7.18. The molecular weight excluding hydrogens is 356 g/mol. The molecule has 0 atom stereocenters. The number of hydrogen-bond acceptors (Lipinski definition) is 7. The van der Waals surface area contributed by atoms with Crippen molar-refractivity contribution in [1.82, 2.24) is 9.97 Å². The number of esters is 1. The maximum absolute atomic E-state index is 12.4. The minimum Gasteiger partial charge on any atom is -0.454 e. The summed E-state index contributed by atoms with van der Waals surface area (Å²) in [7, 11) is 0. The predicted molar refractivity (Wildman–Crippen MR) is 94.0 cm³/mol. The summed E-state index contributed by atoms with van der Waals surface area (Å²) in [5, 5.41) is 0.688. The quantitative estimate of drug-likeness (QED) is 0.713. The Morgan fingerprint density at radius 3 is 3.08 bits per heavy atom. The number of hydrogen-bond donors (Lipinski definition) is 1. The molecule has 0 unspecified atom stereocenters. The molecule has 8 heteroatoms. The topological polar surface area (TPSA) is 90.5 Å². The third kappa shape index (κ3) is 2.45. The van der Waals surface area contributed by atoms with Crippen LogP contribution >= 0.6 is 11.3 Å². The molecule has 3 heterocycles. The molecule has 7 nitrogen and oxygen atoms in total. The van der Waals surface area contributed by atoms with Gasteiger partial charge in [-0.05, 0) is 43.0 Å². The lowest BCUT2D eigenvalue weighted by molar-refractivity contribution is 0.0462. The highest BCUT2D eigenvalue weighted by Crippen LogP contribution is 2.35. The Kier molecular flexibility index (Phi) is 3.46. The molecule has 2 aromatic heterocycles. The number of aryl methyl sites for hydroxylation is 2.